The minimum absolute atomic E-state index is 0.143. The smallest absolute Gasteiger partial charge is 0.407 e. The van der Waals surface area contributed by atoms with E-state index in [1.54, 1.807) is 22.2 Å². The molecule has 4 amide bonds. The van der Waals surface area contributed by atoms with Gasteiger partial charge in [0, 0.05) is 41.2 Å². The summed E-state index contributed by atoms with van der Waals surface area (Å²) < 4.78 is 16.2. The van der Waals surface area contributed by atoms with Crippen molar-refractivity contribution >= 4 is 41.3 Å². The molecule has 0 bridgehead atoms. The molecule has 16 nitrogen and oxygen atoms in total. The lowest BCUT2D eigenvalue weighted by molar-refractivity contribution is -0.136. The summed E-state index contributed by atoms with van der Waals surface area (Å²) in [6.45, 7) is 8.67. The number of hydrogen-bond donors (Lipinski definition) is 4. The number of halogens is 1. The molecule has 0 saturated carbocycles. The van der Waals surface area contributed by atoms with E-state index in [4.69, 9.17) is 40.8 Å². The van der Waals surface area contributed by atoms with Crippen molar-refractivity contribution in [3.05, 3.63) is 112 Å². The first kappa shape index (κ1) is 45.9. The molecule has 0 spiro atoms. The average Bonchev–Trinajstić information content (AvgIpc) is 4.17. The predicted octanol–water partition coefficient (Wildman–Crippen LogP) is 8.33. The number of carbonyl (C=O) groups excluding carboxylic acids is 4. The van der Waals surface area contributed by atoms with E-state index >= 15 is 0 Å². The molecule has 2 saturated heterocycles. The van der Waals surface area contributed by atoms with Crippen molar-refractivity contribution in [2.45, 2.75) is 90.2 Å². The van der Waals surface area contributed by atoms with Crippen molar-refractivity contribution in [2.24, 2.45) is 16.8 Å². The topological polar surface area (TPSA) is 196 Å². The quantitative estimate of drug-likeness (QED) is 0.0898. The van der Waals surface area contributed by atoms with Crippen molar-refractivity contribution in [3.63, 3.8) is 0 Å². The maximum absolute atomic E-state index is 13.8. The Morgan fingerprint density at radius 1 is 0.758 bits per heavy atom. The second kappa shape index (κ2) is 19.8. The molecule has 0 radical (unpaired) electrons. The number of aliphatic imine (C=N–C) groups is 1. The number of imidazole rings is 2. The number of H-pyrrole nitrogens is 2. The molecule has 5 heterocycles. The Labute approximate surface area is 388 Å². The maximum Gasteiger partial charge on any atom is 0.407 e. The number of hydrogen-bond acceptors (Lipinski definition) is 10. The van der Waals surface area contributed by atoms with Gasteiger partial charge in [-0.15, -0.1) is 0 Å². The van der Waals surface area contributed by atoms with E-state index in [9.17, 15) is 19.2 Å². The normalized spacial score (nSPS) is 18.9. The minimum atomic E-state index is -0.733. The van der Waals surface area contributed by atoms with Crippen LogP contribution in [0.2, 0.25) is 5.02 Å². The number of aromatic nitrogens is 4. The molecular formula is C49H56ClN9O7. The lowest BCUT2D eigenvalue weighted by Crippen LogP contribution is -2.51. The third-order valence-corrected chi connectivity index (χ3v) is 13.0. The molecule has 346 valence electrons. The molecule has 4 unspecified atom stereocenters. The Hall–Kier alpha value is -6.68. The van der Waals surface area contributed by atoms with Gasteiger partial charge in [-0.3, -0.25) is 9.59 Å². The number of alkyl carbamates (subject to hydrolysis) is 2. The van der Waals surface area contributed by atoms with E-state index in [1.807, 2.05) is 94.4 Å². The summed E-state index contributed by atoms with van der Waals surface area (Å²) in [6.07, 6.45) is 5.13. The van der Waals surface area contributed by atoms with Crippen LogP contribution < -0.4 is 15.4 Å². The SMILES string of the molecule is COC(=O)NC(C(=O)N1CCCC1c1ncc(-c2ccc(Cl)c(CC3=NC(c4ccccc4)Oc4cc(-c5cnc(C6CCCN6C(=O)[C@@H](NC(=O)OC)C(C)C)[nH]5)ccc43)c2)[nH]1)C(C)C. The minimum Gasteiger partial charge on any atom is -0.464 e. The molecular weight excluding hydrogens is 862 g/mol. The van der Waals surface area contributed by atoms with Gasteiger partial charge in [0.2, 0.25) is 18.0 Å². The lowest BCUT2D eigenvalue weighted by atomic mass is 9.96. The van der Waals surface area contributed by atoms with Gasteiger partial charge in [0.1, 0.15) is 29.5 Å². The van der Waals surface area contributed by atoms with Crippen molar-refractivity contribution in [2.75, 3.05) is 27.3 Å². The first-order valence-corrected chi connectivity index (χ1v) is 22.8. The van der Waals surface area contributed by atoms with E-state index in [-0.39, 0.29) is 35.7 Å². The summed E-state index contributed by atoms with van der Waals surface area (Å²) in [5, 5.41) is 5.99. The zero-order valence-corrected chi connectivity index (χ0v) is 38.7. The van der Waals surface area contributed by atoms with E-state index < -0.39 is 30.5 Å². The number of methoxy groups -OCH3 is 2. The lowest BCUT2D eigenvalue weighted by Gasteiger charge is -2.30. The summed E-state index contributed by atoms with van der Waals surface area (Å²) in [4.78, 5) is 76.9. The van der Waals surface area contributed by atoms with Crippen LogP contribution in [0.5, 0.6) is 5.75 Å². The number of nitrogens with zero attached hydrogens (tertiary/aromatic N) is 5. The molecule has 3 aliphatic heterocycles. The first-order chi connectivity index (χ1) is 31.8. The van der Waals surface area contributed by atoms with Crippen LogP contribution in [0.4, 0.5) is 9.59 Å². The molecule has 5 aromatic rings. The monoisotopic (exact) mass is 917 g/mol. The number of ether oxygens (including phenoxy) is 3. The van der Waals surface area contributed by atoms with Crippen LogP contribution >= 0.6 is 11.6 Å². The van der Waals surface area contributed by atoms with E-state index in [0.717, 1.165) is 70.6 Å². The van der Waals surface area contributed by atoms with Gasteiger partial charge in [0.15, 0.2) is 0 Å². The number of nitrogens with one attached hydrogen (secondary N) is 4. The van der Waals surface area contributed by atoms with Gasteiger partial charge in [-0.2, -0.15) is 0 Å². The van der Waals surface area contributed by atoms with Gasteiger partial charge in [0.05, 0.1) is 55.8 Å². The van der Waals surface area contributed by atoms with Crippen LogP contribution in [0.25, 0.3) is 22.5 Å². The predicted molar refractivity (Wildman–Crippen MR) is 249 cm³/mol. The van der Waals surface area contributed by atoms with Crippen LogP contribution in [0.3, 0.4) is 0 Å². The highest BCUT2D eigenvalue weighted by molar-refractivity contribution is 6.31. The van der Waals surface area contributed by atoms with Crippen molar-refractivity contribution in [1.29, 1.82) is 0 Å². The molecule has 17 heteroatoms. The third kappa shape index (κ3) is 9.64. The number of benzene rings is 3. The van der Waals surface area contributed by atoms with Gasteiger partial charge in [0.25, 0.3) is 0 Å². The Balaban J connectivity index is 1.04. The summed E-state index contributed by atoms with van der Waals surface area (Å²) >= 11 is 6.95. The summed E-state index contributed by atoms with van der Waals surface area (Å²) in [5.74, 6) is 1.35. The summed E-state index contributed by atoms with van der Waals surface area (Å²) in [5.41, 5.74) is 6.64. The number of aromatic amines is 2. The summed E-state index contributed by atoms with van der Waals surface area (Å²) in [6, 6.07) is 19.7. The highest BCUT2D eigenvalue weighted by Gasteiger charge is 2.39. The molecule has 3 aliphatic rings. The Bertz CT molecular complexity index is 2610. The molecule has 3 aromatic carbocycles. The molecule has 66 heavy (non-hydrogen) atoms. The molecule has 2 fully saturated rings. The Morgan fingerprint density at radius 2 is 1.29 bits per heavy atom. The number of carbonyl (C=O) groups is 4. The zero-order valence-electron chi connectivity index (χ0n) is 38.0. The third-order valence-electron chi connectivity index (χ3n) is 12.6. The van der Waals surface area contributed by atoms with Crippen LogP contribution in [0, 0.1) is 11.8 Å². The van der Waals surface area contributed by atoms with Crippen LogP contribution in [0.1, 0.15) is 100 Å². The second-order valence-corrected chi connectivity index (χ2v) is 18.0. The second-order valence-electron chi connectivity index (χ2n) is 17.6. The van der Waals surface area contributed by atoms with Crippen molar-refractivity contribution in [3.8, 4) is 28.3 Å². The van der Waals surface area contributed by atoms with Gasteiger partial charge in [-0.1, -0.05) is 81.8 Å². The van der Waals surface area contributed by atoms with Crippen LogP contribution in [-0.2, 0) is 25.5 Å². The van der Waals surface area contributed by atoms with E-state index in [0.29, 0.717) is 41.9 Å². The molecule has 2 aromatic heterocycles. The number of fused-ring (bicyclic) bond motifs is 1. The fraction of sp³-hybridized carbons (Fsp3) is 0.408. The molecule has 4 N–H and O–H groups in total. The first-order valence-electron chi connectivity index (χ1n) is 22.4. The fourth-order valence-corrected chi connectivity index (χ4v) is 9.22. The standard InChI is InChI=1S/C49H56ClN9O7/c1-27(2)41(56-48(62)64-5)46(60)58-20-10-14-38(58)43-51-25-36(53-43)30-17-19-34(50)32(22-30)23-35-33-18-16-31(24-40(33)66-45(55-35)29-12-8-7-9-13-29)37-26-52-44(54-37)39-15-11-21-59(39)47(61)42(28(3)4)57-49(63)65-6/h7-9,12-13,16-19,22,24-28,38-39,41-42,45H,10-11,14-15,20-21,23H2,1-6H3,(H,51,53)(H,52,54)(H,56,62)(H,57,63)/t38?,39?,41?,42-,45?/m0/s1. The highest BCUT2D eigenvalue weighted by Crippen LogP contribution is 2.39. The maximum atomic E-state index is 13.8. The number of likely N-dealkylation sites (tertiary alicyclic amines) is 2. The number of amides is 4. The van der Waals surface area contributed by atoms with Crippen LogP contribution in [0.15, 0.2) is 84.1 Å². The van der Waals surface area contributed by atoms with Crippen LogP contribution in [-0.4, -0.2) is 98.8 Å². The summed E-state index contributed by atoms with van der Waals surface area (Å²) in [7, 11) is 2.56. The number of rotatable bonds is 13. The molecule has 8 rings (SSSR count). The Morgan fingerprint density at radius 3 is 1.82 bits per heavy atom. The zero-order chi connectivity index (χ0) is 46.6. The molecule has 5 atom stereocenters. The van der Waals surface area contributed by atoms with E-state index in [1.165, 1.54) is 14.2 Å². The average molecular weight is 918 g/mol. The molecule has 0 aliphatic carbocycles. The van der Waals surface area contributed by atoms with Gasteiger partial charge in [-0.25, -0.2) is 24.5 Å². The van der Waals surface area contributed by atoms with Gasteiger partial charge >= 0.3 is 12.2 Å². The largest absolute Gasteiger partial charge is 0.464 e. The Kier molecular flexibility index (Phi) is 13.8. The van der Waals surface area contributed by atoms with Crippen molar-refractivity contribution in [1.82, 2.24) is 40.4 Å². The van der Waals surface area contributed by atoms with Gasteiger partial charge < -0.3 is 44.6 Å². The van der Waals surface area contributed by atoms with Gasteiger partial charge in [-0.05, 0) is 72.9 Å². The van der Waals surface area contributed by atoms with Crippen molar-refractivity contribution < 1.29 is 33.4 Å². The van der Waals surface area contributed by atoms with E-state index in [2.05, 4.69) is 20.6 Å². The fourth-order valence-electron chi connectivity index (χ4n) is 9.03. The highest BCUT2D eigenvalue weighted by atomic mass is 35.5.